The van der Waals surface area contributed by atoms with Crippen molar-refractivity contribution in [3.05, 3.63) is 71.0 Å². The van der Waals surface area contributed by atoms with Crippen LogP contribution in [0, 0.1) is 5.82 Å². The molecule has 0 radical (unpaired) electrons. The standard InChI is InChI=1S/C24H25FN4O3/c25-20-8-6-17(7-9-20)16-29-23(31)11-10-21(27-29)24(32)26-14-18-3-1-4-19(13-18)15-28-12-2-5-22(28)30/h1,3-4,6-9,13H,2,5,10-12,14-16H2,(H,26,32). The number of carbonyl (C=O) groups excluding carboxylic acids is 3. The number of nitrogens with one attached hydrogen (secondary N) is 1. The van der Waals surface area contributed by atoms with E-state index in [1.807, 2.05) is 29.2 Å². The molecule has 0 atom stereocenters. The molecular weight excluding hydrogens is 411 g/mol. The summed E-state index contributed by atoms with van der Waals surface area (Å²) in [5.41, 5.74) is 2.99. The highest BCUT2D eigenvalue weighted by Crippen LogP contribution is 2.16. The summed E-state index contributed by atoms with van der Waals surface area (Å²) in [5.74, 6) is -0.658. The van der Waals surface area contributed by atoms with E-state index in [0.717, 1.165) is 29.7 Å². The van der Waals surface area contributed by atoms with E-state index in [-0.39, 0.29) is 42.9 Å². The van der Waals surface area contributed by atoms with Crippen LogP contribution >= 0.6 is 0 Å². The third-order valence-electron chi connectivity index (χ3n) is 5.60. The molecule has 2 aromatic carbocycles. The Bertz CT molecular complexity index is 1050. The molecule has 1 saturated heterocycles. The molecule has 0 aliphatic carbocycles. The smallest absolute Gasteiger partial charge is 0.267 e. The van der Waals surface area contributed by atoms with E-state index in [1.165, 1.54) is 17.1 Å². The van der Waals surface area contributed by atoms with Crippen LogP contribution in [0.2, 0.25) is 0 Å². The Morgan fingerprint density at radius 3 is 2.47 bits per heavy atom. The van der Waals surface area contributed by atoms with Crippen LogP contribution in [0.1, 0.15) is 42.4 Å². The van der Waals surface area contributed by atoms with Crippen LogP contribution in [0.3, 0.4) is 0 Å². The van der Waals surface area contributed by atoms with E-state index in [9.17, 15) is 18.8 Å². The number of likely N-dealkylation sites (tertiary alicyclic amines) is 1. The van der Waals surface area contributed by atoms with Crippen molar-refractivity contribution in [2.75, 3.05) is 6.54 Å². The second-order valence-corrected chi connectivity index (χ2v) is 8.05. The molecule has 8 heteroatoms. The van der Waals surface area contributed by atoms with E-state index >= 15 is 0 Å². The van der Waals surface area contributed by atoms with Gasteiger partial charge in [-0.1, -0.05) is 36.4 Å². The molecule has 0 saturated carbocycles. The average molecular weight is 436 g/mol. The largest absolute Gasteiger partial charge is 0.347 e. The second-order valence-electron chi connectivity index (χ2n) is 8.05. The Hall–Kier alpha value is -3.55. The first-order chi connectivity index (χ1) is 15.5. The molecule has 1 N–H and O–H groups in total. The van der Waals surface area contributed by atoms with Crippen molar-refractivity contribution in [1.82, 2.24) is 15.2 Å². The van der Waals surface area contributed by atoms with E-state index in [0.29, 0.717) is 25.2 Å². The van der Waals surface area contributed by atoms with Gasteiger partial charge in [-0.25, -0.2) is 9.40 Å². The highest BCUT2D eigenvalue weighted by Gasteiger charge is 2.24. The summed E-state index contributed by atoms with van der Waals surface area (Å²) < 4.78 is 13.1. The third kappa shape index (κ3) is 5.38. The molecule has 2 aliphatic rings. The van der Waals surface area contributed by atoms with Crippen LogP contribution in [0.5, 0.6) is 0 Å². The van der Waals surface area contributed by atoms with Gasteiger partial charge in [0.05, 0.1) is 6.54 Å². The molecule has 3 amide bonds. The van der Waals surface area contributed by atoms with Crippen molar-refractivity contribution in [2.45, 2.75) is 45.3 Å². The molecule has 0 bridgehead atoms. The molecule has 2 heterocycles. The Morgan fingerprint density at radius 1 is 0.938 bits per heavy atom. The molecule has 0 unspecified atom stereocenters. The second kappa shape index (κ2) is 9.72. The first-order valence-corrected chi connectivity index (χ1v) is 10.7. The molecule has 2 aliphatic heterocycles. The van der Waals surface area contributed by atoms with Crippen LogP contribution in [0.25, 0.3) is 0 Å². The predicted molar refractivity (Wildman–Crippen MR) is 117 cm³/mol. The maximum atomic E-state index is 13.1. The molecular formula is C24H25FN4O3. The number of nitrogens with zero attached hydrogens (tertiary/aromatic N) is 3. The van der Waals surface area contributed by atoms with E-state index < -0.39 is 0 Å². The van der Waals surface area contributed by atoms with Gasteiger partial charge in [-0.3, -0.25) is 14.4 Å². The van der Waals surface area contributed by atoms with Gasteiger partial charge >= 0.3 is 0 Å². The number of rotatable bonds is 7. The van der Waals surface area contributed by atoms with E-state index in [4.69, 9.17) is 0 Å². The van der Waals surface area contributed by atoms with Gasteiger partial charge in [-0.15, -0.1) is 0 Å². The zero-order valence-electron chi connectivity index (χ0n) is 17.7. The lowest BCUT2D eigenvalue weighted by atomic mass is 10.1. The number of hydrazone groups is 1. The van der Waals surface area contributed by atoms with Crippen LogP contribution in [0.4, 0.5) is 4.39 Å². The number of hydrogen-bond acceptors (Lipinski definition) is 4. The van der Waals surface area contributed by atoms with Crippen molar-refractivity contribution < 1.29 is 18.8 Å². The normalized spacial score (nSPS) is 16.3. The Morgan fingerprint density at radius 2 is 1.72 bits per heavy atom. The Balaban J connectivity index is 1.36. The molecule has 166 valence electrons. The zero-order valence-corrected chi connectivity index (χ0v) is 17.7. The van der Waals surface area contributed by atoms with Crippen molar-refractivity contribution in [3.63, 3.8) is 0 Å². The van der Waals surface area contributed by atoms with Crippen molar-refractivity contribution in [1.29, 1.82) is 0 Å². The fourth-order valence-electron chi connectivity index (χ4n) is 3.87. The van der Waals surface area contributed by atoms with Gasteiger partial charge in [0.25, 0.3) is 5.91 Å². The maximum absolute atomic E-state index is 13.1. The molecule has 2 aromatic rings. The summed E-state index contributed by atoms with van der Waals surface area (Å²) >= 11 is 0. The van der Waals surface area contributed by atoms with Crippen molar-refractivity contribution in [2.24, 2.45) is 5.10 Å². The molecule has 1 fully saturated rings. The molecule has 0 aromatic heterocycles. The number of amides is 3. The van der Waals surface area contributed by atoms with Gasteiger partial charge in [0.15, 0.2) is 0 Å². The van der Waals surface area contributed by atoms with Crippen molar-refractivity contribution in [3.8, 4) is 0 Å². The highest BCUT2D eigenvalue weighted by atomic mass is 19.1. The van der Waals surface area contributed by atoms with Crippen LogP contribution in [0.15, 0.2) is 53.6 Å². The number of carbonyl (C=O) groups is 3. The van der Waals surface area contributed by atoms with Gasteiger partial charge in [0.1, 0.15) is 11.5 Å². The third-order valence-corrected chi connectivity index (χ3v) is 5.60. The molecule has 0 spiro atoms. The van der Waals surface area contributed by atoms with E-state index in [2.05, 4.69) is 10.4 Å². The minimum Gasteiger partial charge on any atom is -0.347 e. The summed E-state index contributed by atoms with van der Waals surface area (Å²) in [5, 5.41) is 8.37. The topological polar surface area (TPSA) is 82.1 Å². The summed E-state index contributed by atoms with van der Waals surface area (Å²) in [6.45, 7) is 1.87. The van der Waals surface area contributed by atoms with Gasteiger partial charge < -0.3 is 10.2 Å². The SMILES string of the molecule is O=C(NCc1cccc(CN2CCCC2=O)c1)C1=NN(Cc2ccc(F)cc2)C(=O)CC1. The maximum Gasteiger partial charge on any atom is 0.267 e. The predicted octanol–water partition coefficient (Wildman–Crippen LogP) is 2.74. The monoisotopic (exact) mass is 436 g/mol. The average Bonchev–Trinajstić information content (AvgIpc) is 3.19. The van der Waals surface area contributed by atoms with Crippen LogP contribution < -0.4 is 5.32 Å². The molecule has 4 rings (SSSR count). The van der Waals surface area contributed by atoms with Crippen LogP contribution in [-0.2, 0) is 34.0 Å². The van der Waals surface area contributed by atoms with E-state index in [1.54, 1.807) is 12.1 Å². The van der Waals surface area contributed by atoms with Gasteiger partial charge in [0.2, 0.25) is 11.8 Å². The number of hydrogen-bond donors (Lipinski definition) is 1. The fourth-order valence-corrected chi connectivity index (χ4v) is 3.87. The van der Waals surface area contributed by atoms with Gasteiger partial charge in [0, 0.05) is 38.9 Å². The minimum atomic E-state index is -0.349. The first-order valence-electron chi connectivity index (χ1n) is 10.7. The number of halogens is 1. The summed E-state index contributed by atoms with van der Waals surface area (Å²) in [6, 6.07) is 13.6. The molecule has 32 heavy (non-hydrogen) atoms. The lowest BCUT2D eigenvalue weighted by Gasteiger charge is -2.23. The number of benzene rings is 2. The quantitative estimate of drug-likeness (QED) is 0.725. The molecule has 7 nitrogen and oxygen atoms in total. The summed E-state index contributed by atoms with van der Waals surface area (Å²) in [6.07, 6.45) is 1.99. The Labute approximate surface area is 185 Å². The summed E-state index contributed by atoms with van der Waals surface area (Å²) in [4.78, 5) is 38.5. The van der Waals surface area contributed by atoms with Crippen LogP contribution in [-0.4, -0.2) is 39.9 Å². The van der Waals surface area contributed by atoms with Crippen molar-refractivity contribution >= 4 is 23.4 Å². The lowest BCUT2D eigenvalue weighted by molar-refractivity contribution is -0.132. The lowest BCUT2D eigenvalue weighted by Crippen LogP contribution is -2.38. The zero-order chi connectivity index (χ0) is 22.5. The van der Waals surface area contributed by atoms with Gasteiger partial charge in [-0.2, -0.15) is 5.10 Å². The fraction of sp³-hybridized carbons (Fsp3) is 0.333. The summed E-state index contributed by atoms with van der Waals surface area (Å²) in [7, 11) is 0. The highest BCUT2D eigenvalue weighted by molar-refractivity contribution is 6.39. The first kappa shape index (κ1) is 21.7. The van der Waals surface area contributed by atoms with Gasteiger partial charge in [-0.05, 0) is 35.2 Å². The minimum absolute atomic E-state index is 0.171. The Kier molecular flexibility index (Phi) is 6.58.